The van der Waals surface area contributed by atoms with Crippen LogP contribution in [0.2, 0.25) is 0 Å². The van der Waals surface area contributed by atoms with Gasteiger partial charge in [-0.15, -0.1) is 0 Å². The maximum atomic E-state index is 12.0. The zero-order valence-electron chi connectivity index (χ0n) is 11.7. The van der Waals surface area contributed by atoms with Gasteiger partial charge in [0.2, 0.25) is 5.91 Å². The van der Waals surface area contributed by atoms with Crippen LogP contribution in [0.25, 0.3) is 10.9 Å². The molecule has 1 aliphatic rings. The van der Waals surface area contributed by atoms with Crippen LogP contribution in [0.5, 0.6) is 0 Å². The van der Waals surface area contributed by atoms with Crippen molar-refractivity contribution in [2.45, 2.75) is 18.9 Å². The molecule has 0 spiro atoms. The molecule has 1 aromatic heterocycles. The highest BCUT2D eigenvalue weighted by Crippen LogP contribution is 2.32. The summed E-state index contributed by atoms with van der Waals surface area (Å²) >= 11 is 0. The Kier molecular flexibility index (Phi) is 3.25. The SMILES string of the molecule is CNC(=O)C1CCCN1c1cc2nc[nH]c(=O)c2cc1N. The van der Waals surface area contributed by atoms with Gasteiger partial charge in [-0.25, -0.2) is 4.98 Å². The number of carbonyl (C=O) groups excluding carboxylic acids is 1. The first-order valence-electron chi connectivity index (χ1n) is 6.87. The number of nitrogens with one attached hydrogen (secondary N) is 2. The molecule has 21 heavy (non-hydrogen) atoms. The van der Waals surface area contributed by atoms with Crippen LogP contribution in [0.4, 0.5) is 11.4 Å². The van der Waals surface area contributed by atoms with Crippen LogP contribution < -0.4 is 21.5 Å². The topological polar surface area (TPSA) is 104 Å². The number of aromatic amines is 1. The van der Waals surface area contributed by atoms with E-state index in [1.54, 1.807) is 19.2 Å². The summed E-state index contributed by atoms with van der Waals surface area (Å²) in [6, 6.07) is 3.17. The number of nitrogen functional groups attached to an aromatic ring is 1. The summed E-state index contributed by atoms with van der Waals surface area (Å²) < 4.78 is 0. The zero-order valence-corrected chi connectivity index (χ0v) is 11.7. The molecule has 7 heteroatoms. The predicted octanol–water partition coefficient (Wildman–Crippen LogP) is 0.220. The van der Waals surface area contributed by atoms with Crippen LogP contribution in [0.3, 0.4) is 0 Å². The number of rotatable bonds is 2. The van der Waals surface area contributed by atoms with Crippen molar-refractivity contribution in [2.75, 3.05) is 24.2 Å². The molecule has 1 amide bonds. The second-order valence-corrected chi connectivity index (χ2v) is 5.13. The summed E-state index contributed by atoms with van der Waals surface area (Å²) in [6.45, 7) is 0.761. The minimum Gasteiger partial charge on any atom is -0.397 e. The second kappa shape index (κ2) is 5.08. The summed E-state index contributed by atoms with van der Waals surface area (Å²) in [7, 11) is 1.63. The van der Waals surface area contributed by atoms with Gasteiger partial charge in [0.25, 0.3) is 5.56 Å². The Morgan fingerprint density at radius 3 is 3.10 bits per heavy atom. The lowest BCUT2D eigenvalue weighted by Crippen LogP contribution is -2.42. The van der Waals surface area contributed by atoms with Gasteiger partial charge in [-0.1, -0.05) is 0 Å². The highest BCUT2D eigenvalue weighted by atomic mass is 16.2. The molecule has 2 heterocycles. The molecular weight excluding hydrogens is 270 g/mol. The number of nitrogens with zero attached hydrogens (tertiary/aromatic N) is 2. The van der Waals surface area contributed by atoms with E-state index >= 15 is 0 Å². The summed E-state index contributed by atoms with van der Waals surface area (Å²) in [5, 5.41) is 3.13. The maximum absolute atomic E-state index is 12.0. The van der Waals surface area contributed by atoms with Gasteiger partial charge < -0.3 is 20.9 Å². The molecular formula is C14H17N5O2. The summed E-state index contributed by atoms with van der Waals surface area (Å²) in [5.74, 6) is -0.0223. The Labute approximate surface area is 121 Å². The van der Waals surface area contributed by atoms with Crippen LogP contribution in [0.15, 0.2) is 23.3 Å². The minimum absolute atomic E-state index is 0.0223. The van der Waals surface area contributed by atoms with E-state index in [9.17, 15) is 9.59 Å². The Hall–Kier alpha value is -2.57. The van der Waals surface area contributed by atoms with E-state index in [2.05, 4.69) is 15.3 Å². The van der Waals surface area contributed by atoms with Gasteiger partial charge >= 0.3 is 0 Å². The fraction of sp³-hybridized carbons (Fsp3) is 0.357. The average Bonchev–Trinajstić information content (AvgIpc) is 2.96. The Morgan fingerprint density at radius 2 is 2.33 bits per heavy atom. The van der Waals surface area contributed by atoms with Gasteiger partial charge in [-0.05, 0) is 25.0 Å². The Balaban J connectivity index is 2.10. The Morgan fingerprint density at radius 1 is 1.52 bits per heavy atom. The number of aromatic nitrogens is 2. The third kappa shape index (κ3) is 2.20. The highest BCUT2D eigenvalue weighted by molar-refractivity contribution is 5.92. The van der Waals surface area contributed by atoms with Crippen molar-refractivity contribution in [3.63, 3.8) is 0 Å². The fourth-order valence-corrected chi connectivity index (χ4v) is 2.86. The molecule has 110 valence electrons. The number of hydrogen-bond donors (Lipinski definition) is 3. The van der Waals surface area contributed by atoms with Crippen molar-refractivity contribution in [2.24, 2.45) is 0 Å². The van der Waals surface area contributed by atoms with Crippen LogP contribution in [-0.2, 0) is 4.79 Å². The number of hydrogen-bond acceptors (Lipinski definition) is 5. The summed E-state index contributed by atoms with van der Waals surface area (Å²) in [5.41, 5.74) is 7.68. The number of carbonyl (C=O) groups is 1. The molecule has 4 N–H and O–H groups in total. The van der Waals surface area contributed by atoms with Gasteiger partial charge in [0.05, 0.1) is 28.6 Å². The molecule has 0 radical (unpaired) electrons. The van der Waals surface area contributed by atoms with E-state index in [0.717, 1.165) is 25.1 Å². The second-order valence-electron chi connectivity index (χ2n) is 5.13. The van der Waals surface area contributed by atoms with Crippen LogP contribution >= 0.6 is 0 Å². The number of likely N-dealkylation sites (N-methyl/N-ethyl adjacent to an activating group) is 1. The molecule has 1 saturated heterocycles. The van der Waals surface area contributed by atoms with Crippen molar-refractivity contribution >= 4 is 28.2 Å². The monoisotopic (exact) mass is 287 g/mol. The molecule has 1 atom stereocenters. The fourth-order valence-electron chi connectivity index (χ4n) is 2.86. The molecule has 1 fully saturated rings. The first-order chi connectivity index (χ1) is 10.1. The quantitative estimate of drug-likeness (QED) is 0.685. The lowest BCUT2D eigenvalue weighted by molar-refractivity contribution is -0.121. The average molecular weight is 287 g/mol. The molecule has 3 rings (SSSR count). The number of benzene rings is 1. The molecule has 0 bridgehead atoms. The van der Waals surface area contributed by atoms with Crippen molar-refractivity contribution in [3.8, 4) is 0 Å². The molecule has 0 aliphatic carbocycles. The van der Waals surface area contributed by atoms with E-state index in [0.29, 0.717) is 16.6 Å². The molecule has 0 saturated carbocycles. The van der Waals surface area contributed by atoms with E-state index in [1.165, 1.54) is 6.33 Å². The molecule has 2 aromatic rings. The largest absolute Gasteiger partial charge is 0.397 e. The molecule has 1 aromatic carbocycles. The van der Waals surface area contributed by atoms with Crippen molar-refractivity contribution in [1.29, 1.82) is 0 Å². The number of fused-ring (bicyclic) bond motifs is 1. The van der Waals surface area contributed by atoms with Crippen LogP contribution in [-0.4, -0.2) is 35.5 Å². The summed E-state index contributed by atoms with van der Waals surface area (Å²) in [6.07, 6.45) is 3.09. The van der Waals surface area contributed by atoms with Crippen LogP contribution in [0, 0.1) is 0 Å². The van der Waals surface area contributed by atoms with E-state index in [1.807, 2.05) is 4.90 Å². The number of nitrogens with two attached hydrogens (primary N) is 1. The molecule has 1 aliphatic heterocycles. The van der Waals surface area contributed by atoms with Crippen molar-refractivity contribution < 1.29 is 4.79 Å². The Bertz CT molecular complexity index is 755. The van der Waals surface area contributed by atoms with Crippen molar-refractivity contribution in [3.05, 3.63) is 28.8 Å². The minimum atomic E-state index is -0.225. The smallest absolute Gasteiger partial charge is 0.258 e. The lowest BCUT2D eigenvalue weighted by Gasteiger charge is -2.26. The number of anilines is 2. The molecule has 7 nitrogen and oxygen atoms in total. The third-order valence-corrected chi connectivity index (χ3v) is 3.90. The standard InChI is InChI=1S/C14H17N5O2/c1-16-14(21)11-3-2-4-19(11)12-6-10-8(5-9(12)15)13(20)18-7-17-10/h5-7,11H,2-4,15H2,1H3,(H,16,21)(H,17,18,20). The van der Waals surface area contributed by atoms with Gasteiger partial charge in [-0.3, -0.25) is 9.59 Å². The molecule has 1 unspecified atom stereocenters. The normalized spacial score (nSPS) is 18.1. The lowest BCUT2D eigenvalue weighted by atomic mass is 10.1. The van der Waals surface area contributed by atoms with E-state index in [4.69, 9.17) is 5.73 Å². The van der Waals surface area contributed by atoms with E-state index in [-0.39, 0.29) is 17.5 Å². The van der Waals surface area contributed by atoms with Crippen molar-refractivity contribution in [1.82, 2.24) is 15.3 Å². The van der Waals surface area contributed by atoms with Gasteiger partial charge in [0, 0.05) is 13.6 Å². The van der Waals surface area contributed by atoms with Crippen LogP contribution in [0.1, 0.15) is 12.8 Å². The predicted molar refractivity (Wildman–Crippen MR) is 81.2 cm³/mol. The third-order valence-electron chi connectivity index (χ3n) is 3.90. The van der Waals surface area contributed by atoms with Gasteiger partial charge in [0.1, 0.15) is 6.04 Å². The van der Waals surface area contributed by atoms with Gasteiger partial charge in [-0.2, -0.15) is 0 Å². The summed E-state index contributed by atoms with van der Waals surface area (Å²) in [4.78, 5) is 32.4. The highest BCUT2D eigenvalue weighted by Gasteiger charge is 2.31. The van der Waals surface area contributed by atoms with Gasteiger partial charge in [0.15, 0.2) is 0 Å². The first-order valence-corrected chi connectivity index (χ1v) is 6.87. The first kappa shape index (κ1) is 13.4. The van der Waals surface area contributed by atoms with E-state index < -0.39 is 0 Å². The zero-order chi connectivity index (χ0) is 15.0. The number of H-pyrrole nitrogens is 1. The number of amides is 1. The maximum Gasteiger partial charge on any atom is 0.258 e.